The summed E-state index contributed by atoms with van der Waals surface area (Å²) in [4.78, 5) is 26.1. The van der Waals surface area contributed by atoms with Crippen LogP contribution >= 0.6 is 0 Å². The SMILES string of the molecule is Cc1cccc(C)c1NC(=O)CN(C)CC(=O)NC1(C#N)CCCC1. The van der Waals surface area contributed by atoms with E-state index in [-0.39, 0.29) is 24.9 Å². The van der Waals surface area contributed by atoms with Crippen molar-refractivity contribution in [1.29, 1.82) is 5.26 Å². The van der Waals surface area contributed by atoms with E-state index in [2.05, 4.69) is 16.7 Å². The van der Waals surface area contributed by atoms with Gasteiger partial charge in [0, 0.05) is 5.69 Å². The average molecular weight is 342 g/mol. The molecule has 0 aliphatic heterocycles. The van der Waals surface area contributed by atoms with E-state index in [1.807, 2.05) is 32.0 Å². The van der Waals surface area contributed by atoms with E-state index in [0.29, 0.717) is 12.8 Å². The summed E-state index contributed by atoms with van der Waals surface area (Å²) in [5.74, 6) is -0.380. The van der Waals surface area contributed by atoms with Crippen LogP contribution in [0.1, 0.15) is 36.8 Å². The molecule has 1 aliphatic rings. The topological polar surface area (TPSA) is 85.2 Å². The third-order valence-corrected chi connectivity index (χ3v) is 4.62. The van der Waals surface area contributed by atoms with Crippen molar-refractivity contribution >= 4 is 17.5 Å². The summed E-state index contributed by atoms with van der Waals surface area (Å²) in [5, 5.41) is 15.1. The summed E-state index contributed by atoms with van der Waals surface area (Å²) in [5.41, 5.74) is 2.11. The minimum absolute atomic E-state index is 0.0869. The van der Waals surface area contributed by atoms with Gasteiger partial charge in [-0.3, -0.25) is 14.5 Å². The van der Waals surface area contributed by atoms with Crippen LogP contribution in [-0.2, 0) is 9.59 Å². The summed E-state index contributed by atoms with van der Waals surface area (Å²) < 4.78 is 0. The minimum Gasteiger partial charge on any atom is -0.337 e. The van der Waals surface area contributed by atoms with Crippen molar-refractivity contribution in [2.45, 2.75) is 45.1 Å². The summed E-state index contributed by atoms with van der Waals surface area (Å²) in [6.45, 7) is 4.09. The Morgan fingerprint density at radius 3 is 2.28 bits per heavy atom. The van der Waals surface area contributed by atoms with Crippen molar-refractivity contribution in [2.24, 2.45) is 0 Å². The van der Waals surface area contributed by atoms with Gasteiger partial charge in [0.1, 0.15) is 5.54 Å². The van der Waals surface area contributed by atoms with E-state index in [4.69, 9.17) is 0 Å². The Morgan fingerprint density at radius 1 is 1.16 bits per heavy atom. The van der Waals surface area contributed by atoms with Gasteiger partial charge < -0.3 is 10.6 Å². The molecule has 25 heavy (non-hydrogen) atoms. The number of likely N-dealkylation sites (N-methyl/N-ethyl adjacent to an activating group) is 1. The summed E-state index contributed by atoms with van der Waals surface area (Å²) >= 11 is 0. The number of amides is 2. The second kappa shape index (κ2) is 8.13. The number of benzene rings is 1. The first kappa shape index (κ1) is 18.9. The second-order valence-electron chi connectivity index (χ2n) is 6.94. The smallest absolute Gasteiger partial charge is 0.238 e. The van der Waals surface area contributed by atoms with E-state index in [1.165, 1.54) is 0 Å². The molecule has 134 valence electrons. The highest BCUT2D eigenvalue weighted by Crippen LogP contribution is 2.28. The fraction of sp³-hybridized carbons (Fsp3) is 0.526. The van der Waals surface area contributed by atoms with Crippen LogP contribution in [0.4, 0.5) is 5.69 Å². The first-order chi connectivity index (χ1) is 11.8. The lowest BCUT2D eigenvalue weighted by molar-refractivity contribution is -0.124. The minimum atomic E-state index is -0.724. The number of nitrogens with zero attached hydrogens (tertiary/aromatic N) is 2. The molecule has 0 saturated heterocycles. The van der Waals surface area contributed by atoms with Crippen molar-refractivity contribution in [1.82, 2.24) is 10.2 Å². The van der Waals surface area contributed by atoms with Gasteiger partial charge in [-0.2, -0.15) is 5.26 Å². The number of hydrogen-bond acceptors (Lipinski definition) is 4. The predicted molar refractivity (Wildman–Crippen MR) is 97.0 cm³/mol. The van der Waals surface area contributed by atoms with Crippen LogP contribution in [0.5, 0.6) is 0 Å². The van der Waals surface area contributed by atoms with Crippen molar-refractivity contribution in [3.63, 3.8) is 0 Å². The van der Waals surface area contributed by atoms with E-state index in [1.54, 1.807) is 11.9 Å². The molecule has 0 spiro atoms. The Balaban J connectivity index is 1.85. The lowest BCUT2D eigenvalue weighted by Gasteiger charge is -2.24. The molecule has 0 aromatic heterocycles. The molecule has 6 heteroatoms. The number of carbonyl (C=O) groups excluding carboxylic acids is 2. The fourth-order valence-corrected chi connectivity index (χ4v) is 3.29. The largest absolute Gasteiger partial charge is 0.337 e. The van der Waals surface area contributed by atoms with Gasteiger partial charge in [-0.1, -0.05) is 18.2 Å². The maximum Gasteiger partial charge on any atom is 0.238 e. The van der Waals surface area contributed by atoms with Gasteiger partial charge in [-0.25, -0.2) is 0 Å². The van der Waals surface area contributed by atoms with Crippen LogP contribution in [0, 0.1) is 25.2 Å². The van der Waals surface area contributed by atoms with E-state index < -0.39 is 5.54 Å². The van der Waals surface area contributed by atoms with E-state index in [0.717, 1.165) is 29.7 Å². The molecule has 1 aromatic carbocycles. The first-order valence-corrected chi connectivity index (χ1v) is 8.62. The number of nitrogens with one attached hydrogen (secondary N) is 2. The fourth-order valence-electron chi connectivity index (χ4n) is 3.29. The molecule has 1 aliphatic carbocycles. The molecule has 1 saturated carbocycles. The maximum atomic E-state index is 12.2. The molecular formula is C19H26N4O2. The predicted octanol–water partition coefficient (Wildman–Crippen LogP) is 2.13. The van der Waals surface area contributed by atoms with Crippen molar-refractivity contribution in [3.05, 3.63) is 29.3 Å². The number of rotatable bonds is 6. The summed E-state index contributed by atoms with van der Waals surface area (Å²) in [6, 6.07) is 8.08. The number of aryl methyl sites for hydroxylation is 2. The Morgan fingerprint density at radius 2 is 1.72 bits per heavy atom. The molecule has 0 heterocycles. The van der Waals surface area contributed by atoms with Crippen LogP contribution in [0.25, 0.3) is 0 Å². The highest BCUT2D eigenvalue weighted by molar-refractivity contribution is 5.94. The van der Waals surface area contributed by atoms with Crippen molar-refractivity contribution < 1.29 is 9.59 Å². The quantitative estimate of drug-likeness (QED) is 0.829. The van der Waals surface area contributed by atoms with Gasteiger partial charge in [0.05, 0.1) is 19.2 Å². The molecule has 2 amide bonds. The van der Waals surface area contributed by atoms with Gasteiger partial charge >= 0.3 is 0 Å². The zero-order valence-corrected chi connectivity index (χ0v) is 15.2. The highest BCUT2D eigenvalue weighted by Gasteiger charge is 2.35. The molecular weight excluding hydrogens is 316 g/mol. The number of hydrogen-bond donors (Lipinski definition) is 2. The average Bonchev–Trinajstić information content (AvgIpc) is 2.99. The number of carbonyl (C=O) groups is 2. The third-order valence-electron chi connectivity index (χ3n) is 4.62. The lowest BCUT2D eigenvalue weighted by Crippen LogP contribution is -2.49. The lowest BCUT2D eigenvalue weighted by atomic mass is 10.00. The standard InChI is InChI=1S/C19H26N4O2/c1-14-7-6-8-15(2)18(14)21-16(24)11-23(3)12-17(25)22-19(13-20)9-4-5-10-19/h6-8H,4-5,9-12H2,1-3H3,(H,21,24)(H,22,25). The molecule has 2 N–H and O–H groups in total. The van der Waals surface area contributed by atoms with Gasteiger partial charge in [0.25, 0.3) is 0 Å². The Labute approximate surface area is 149 Å². The van der Waals surface area contributed by atoms with Crippen LogP contribution in [0.3, 0.4) is 0 Å². The highest BCUT2D eigenvalue weighted by atomic mass is 16.2. The van der Waals surface area contributed by atoms with Gasteiger partial charge in [-0.15, -0.1) is 0 Å². The number of para-hydroxylation sites is 1. The van der Waals surface area contributed by atoms with Gasteiger partial charge in [0.2, 0.25) is 11.8 Å². The monoisotopic (exact) mass is 342 g/mol. The van der Waals surface area contributed by atoms with Crippen molar-refractivity contribution in [3.8, 4) is 6.07 Å². The molecule has 1 aromatic rings. The van der Waals surface area contributed by atoms with E-state index >= 15 is 0 Å². The molecule has 0 atom stereocenters. The zero-order valence-electron chi connectivity index (χ0n) is 15.2. The van der Waals surface area contributed by atoms with Gasteiger partial charge in [0.15, 0.2) is 0 Å². The summed E-state index contributed by atoms with van der Waals surface area (Å²) in [7, 11) is 1.72. The molecule has 0 unspecified atom stereocenters. The summed E-state index contributed by atoms with van der Waals surface area (Å²) in [6.07, 6.45) is 3.32. The normalized spacial score (nSPS) is 15.6. The second-order valence-corrected chi connectivity index (χ2v) is 6.94. The first-order valence-electron chi connectivity index (χ1n) is 8.62. The Bertz CT molecular complexity index is 667. The number of anilines is 1. The molecule has 0 bridgehead atoms. The van der Waals surface area contributed by atoms with Gasteiger partial charge in [-0.05, 0) is 57.7 Å². The Kier molecular flexibility index (Phi) is 6.16. The van der Waals surface area contributed by atoms with Crippen LogP contribution < -0.4 is 10.6 Å². The molecule has 6 nitrogen and oxygen atoms in total. The number of nitriles is 1. The van der Waals surface area contributed by atoms with Crippen LogP contribution in [0.15, 0.2) is 18.2 Å². The maximum absolute atomic E-state index is 12.2. The zero-order chi connectivity index (χ0) is 18.4. The molecule has 0 radical (unpaired) electrons. The third kappa shape index (κ3) is 5.04. The Hall–Kier alpha value is -2.39. The van der Waals surface area contributed by atoms with Crippen LogP contribution in [-0.4, -0.2) is 42.4 Å². The van der Waals surface area contributed by atoms with Crippen molar-refractivity contribution in [2.75, 3.05) is 25.5 Å². The van der Waals surface area contributed by atoms with E-state index in [9.17, 15) is 14.9 Å². The molecule has 1 fully saturated rings. The van der Waals surface area contributed by atoms with Crippen LogP contribution in [0.2, 0.25) is 0 Å². The molecule has 2 rings (SSSR count).